The monoisotopic (exact) mass is 273 g/mol. The summed E-state index contributed by atoms with van der Waals surface area (Å²) in [5.41, 5.74) is 0.702. The number of alkyl halides is 2. The van der Waals surface area contributed by atoms with Gasteiger partial charge in [-0.1, -0.05) is 17.3 Å². The average Bonchev–Trinajstić information content (AvgIpc) is 2.58. The second kappa shape index (κ2) is 3.81. The second-order valence-electron chi connectivity index (χ2n) is 3.17. The first-order valence-electron chi connectivity index (χ1n) is 4.35. The van der Waals surface area contributed by atoms with Crippen molar-refractivity contribution in [3.8, 4) is 5.75 Å². The Morgan fingerprint density at radius 1 is 1.47 bits per heavy atom. The molecule has 1 aliphatic rings. The van der Waals surface area contributed by atoms with Crippen molar-refractivity contribution in [2.45, 2.75) is 10.7 Å². The Hall–Kier alpha value is -1.10. The molecule has 80 valence electrons. The lowest BCUT2D eigenvalue weighted by atomic mass is 10.1. The summed E-state index contributed by atoms with van der Waals surface area (Å²) in [7, 11) is 1.58. The van der Waals surface area contributed by atoms with Gasteiger partial charge in [0.25, 0.3) is 0 Å². The van der Waals surface area contributed by atoms with Crippen molar-refractivity contribution in [3.63, 3.8) is 0 Å². The maximum atomic E-state index is 13.8. The van der Waals surface area contributed by atoms with E-state index < -0.39 is 10.7 Å². The number of halogens is 2. The normalized spacial score (nSPS) is 28.9. The van der Waals surface area contributed by atoms with Crippen molar-refractivity contribution < 1.29 is 14.0 Å². The quantitative estimate of drug-likeness (QED) is 0.776. The third-order valence-electron chi connectivity index (χ3n) is 2.16. The topological polar surface area (TPSA) is 30.8 Å². The molecule has 0 bridgehead atoms. The molecule has 0 fully saturated rings. The minimum atomic E-state index is -1.73. The zero-order valence-electron chi connectivity index (χ0n) is 7.98. The fourth-order valence-electron chi connectivity index (χ4n) is 1.36. The van der Waals surface area contributed by atoms with E-state index in [2.05, 4.69) is 21.1 Å². The summed E-state index contributed by atoms with van der Waals surface area (Å²) < 4.78 is 17.0. The van der Waals surface area contributed by atoms with Crippen molar-refractivity contribution in [1.29, 1.82) is 0 Å². The Bertz CT molecular complexity index is 378. The van der Waals surface area contributed by atoms with Gasteiger partial charge in [0.05, 0.1) is 13.3 Å². The summed E-state index contributed by atoms with van der Waals surface area (Å²) in [6, 6.07) is 6.99. The average molecular weight is 274 g/mol. The van der Waals surface area contributed by atoms with Crippen molar-refractivity contribution in [2.24, 2.45) is 5.16 Å². The van der Waals surface area contributed by atoms with Crippen LogP contribution in [-0.4, -0.2) is 17.9 Å². The largest absolute Gasteiger partial charge is 0.497 e. The van der Waals surface area contributed by atoms with Crippen LogP contribution in [0.2, 0.25) is 0 Å². The van der Waals surface area contributed by atoms with E-state index in [1.54, 1.807) is 31.4 Å². The van der Waals surface area contributed by atoms with Crippen molar-refractivity contribution in [1.82, 2.24) is 0 Å². The van der Waals surface area contributed by atoms with Crippen LogP contribution in [0.1, 0.15) is 11.7 Å². The first-order chi connectivity index (χ1) is 7.13. The van der Waals surface area contributed by atoms with Crippen LogP contribution in [0.15, 0.2) is 29.4 Å². The molecule has 1 aromatic rings. The lowest BCUT2D eigenvalue weighted by Crippen LogP contribution is -2.21. The highest BCUT2D eigenvalue weighted by molar-refractivity contribution is 9.10. The van der Waals surface area contributed by atoms with Crippen molar-refractivity contribution >= 4 is 22.1 Å². The standard InChI is InChI=1S/C10H9BrFNO2/c1-14-8-4-2-7(3-5-8)9-10(11,12)6-13-15-9/h2-6,9H,1H3. The van der Waals surface area contributed by atoms with E-state index in [0.717, 1.165) is 12.0 Å². The number of rotatable bonds is 2. The molecule has 3 nitrogen and oxygen atoms in total. The molecule has 0 aliphatic carbocycles. The maximum Gasteiger partial charge on any atom is 0.246 e. The molecule has 0 saturated heterocycles. The summed E-state index contributed by atoms with van der Waals surface area (Å²) in [4.78, 5) is 4.93. The number of benzene rings is 1. The number of hydrogen-bond acceptors (Lipinski definition) is 3. The van der Waals surface area contributed by atoms with Gasteiger partial charge in [0, 0.05) is 0 Å². The molecule has 0 saturated carbocycles. The number of hydrogen-bond donors (Lipinski definition) is 0. The second-order valence-corrected chi connectivity index (χ2v) is 4.38. The number of oxime groups is 1. The van der Waals surface area contributed by atoms with Crippen LogP contribution in [0, 0.1) is 0 Å². The minimum Gasteiger partial charge on any atom is -0.497 e. The van der Waals surface area contributed by atoms with Gasteiger partial charge < -0.3 is 9.57 Å². The molecule has 0 radical (unpaired) electrons. The summed E-state index contributed by atoms with van der Waals surface area (Å²) in [5, 5.41) is 3.46. The molecule has 0 amide bonds. The van der Waals surface area contributed by atoms with Crippen LogP contribution in [0.25, 0.3) is 0 Å². The van der Waals surface area contributed by atoms with Gasteiger partial charge in [-0.25, -0.2) is 4.39 Å². The van der Waals surface area contributed by atoms with Gasteiger partial charge in [0.1, 0.15) is 5.75 Å². The summed E-state index contributed by atoms with van der Waals surface area (Å²) in [6.07, 6.45) is 0.352. The molecule has 0 N–H and O–H groups in total. The van der Waals surface area contributed by atoms with Gasteiger partial charge in [-0.05, 0) is 33.6 Å². The highest BCUT2D eigenvalue weighted by Crippen LogP contribution is 2.40. The number of ether oxygens (including phenoxy) is 1. The first kappa shape index (κ1) is 10.4. The fraction of sp³-hybridized carbons (Fsp3) is 0.300. The molecule has 5 heteroatoms. The van der Waals surface area contributed by atoms with Gasteiger partial charge in [-0.2, -0.15) is 0 Å². The highest BCUT2D eigenvalue weighted by Gasteiger charge is 2.42. The Balaban J connectivity index is 2.23. The molecular weight excluding hydrogens is 265 g/mol. The zero-order chi connectivity index (χ0) is 10.9. The molecule has 2 rings (SSSR count). The lowest BCUT2D eigenvalue weighted by molar-refractivity contribution is 0.0411. The van der Waals surface area contributed by atoms with Crippen LogP contribution < -0.4 is 4.74 Å². The minimum absolute atomic E-state index is 0.702. The Labute approximate surface area is 95.0 Å². The third-order valence-corrected chi connectivity index (χ3v) is 2.78. The van der Waals surface area contributed by atoms with Crippen LogP contribution in [0.3, 0.4) is 0 Å². The van der Waals surface area contributed by atoms with Gasteiger partial charge in [-0.15, -0.1) is 0 Å². The number of methoxy groups -OCH3 is 1. The van der Waals surface area contributed by atoms with Crippen LogP contribution >= 0.6 is 15.9 Å². The van der Waals surface area contributed by atoms with E-state index in [1.807, 2.05) is 0 Å². The molecule has 0 aromatic heterocycles. The predicted molar refractivity (Wildman–Crippen MR) is 58.1 cm³/mol. The van der Waals surface area contributed by atoms with Crippen LogP contribution in [-0.2, 0) is 4.84 Å². The van der Waals surface area contributed by atoms with E-state index in [0.29, 0.717) is 5.56 Å². The molecule has 0 spiro atoms. The van der Waals surface area contributed by atoms with E-state index in [4.69, 9.17) is 9.57 Å². The van der Waals surface area contributed by atoms with E-state index in [1.165, 1.54) is 0 Å². The lowest BCUT2D eigenvalue weighted by Gasteiger charge is -2.17. The SMILES string of the molecule is COc1ccc(C2ON=CC2(F)Br)cc1. The highest BCUT2D eigenvalue weighted by atomic mass is 79.9. The van der Waals surface area contributed by atoms with Gasteiger partial charge in [0.15, 0.2) is 0 Å². The molecule has 2 unspecified atom stereocenters. The third kappa shape index (κ3) is 1.97. The van der Waals surface area contributed by atoms with Crippen LogP contribution in [0.4, 0.5) is 4.39 Å². The van der Waals surface area contributed by atoms with Gasteiger partial charge in [-0.3, -0.25) is 0 Å². The van der Waals surface area contributed by atoms with Crippen molar-refractivity contribution in [2.75, 3.05) is 7.11 Å². The summed E-state index contributed by atoms with van der Waals surface area (Å²) >= 11 is 2.91. The van der Waals surface area contributed by atoms with Crippen LogP contribution in [0.5, 0.6) is 5.75 Å². The van der Waals surface area contributed by atoms with Gasteiger partial charge in [0.2, 0.25) is 10.7 Å². The summed E-state index contributed by atoms with van der Waals surface area (Å²) in [6.45, 7) is 0. The van der Waals surface area contributed by atoms with E-state index in [-0.39, 0.29) is 0 Å². The van der Waals surface area contributed by atoms with E-state index in [9.17, 15) is 4.39 Å². The van der Waals surface area contributed by atoms with Crippen molar-refractivity contribution in [3.05, 3.63) is 29.8 Å². The molecule has 15 heavy (non-hydrogen) atoms. The Kier molecular flexibility index (Phi) is 2.65. The van der Waals surface area contributed by atoms with Gasteiger partial charge >= 0.3 is 0 Å². The molecule has 1 aliphatic heterocycles. The number of nitrogens with zero attached hydrogens (tertiary/aromatic N) is 1. The Morgan fingerprint density at radius 3 is 2.60 bits per heavy atom. The molecule has 1 heterocycles. The smallest absolute Gasteiger partial charge is 0.246 e. The molecule has 2 atom stereocenters. The van der Waals surface area contributed by atoms with E-state index >= 15 is 0 Å². The fourth-order valence-corrected chi connectivity index (χ4v) is 1.79. The predicted octanol–water partition coefficient (Wildman–Crippen LogP) is 2.81. The Morgan fingerprint density at radius 2 is 2.13 bits per heavy atom. The molecular formula is C10H9BrFNO2. The maximum absolute atomic E-state index is 13.8. The zero-order valence-corrected chi connectivity index (χ0v) is 9.57. The molecule has 1 aromatic carbocycles. The summed E-state index contributed by atoms with van der Waals surface area (Å²) in [5.74, 6) is 0.719. The first-order valence-corrected chi connectivity index (χ1v) is 5.15.